The van der Waals surface area contributed by atoms with Crippen molar-refractivity contribution in [2.75, 3.05) is 20.1 Å². The Labute approximate surface area is 115 Å². The number of nitrogens with zero attached hydrogens (tertiary/aromatic N) is 4. The molecular formula is C12H28N4O3. The normalized spacial score (nSPS) is 27.9. The van der Waals surface area contributed by atoms with Gasteiger partial charge in [0.05, 0.1) is 0 Å². The molecule has 1 aliphatic rings. The highest BCUT2D eigenvalue weighted by Gasteiger charge is 2.26. The van der Waals surface area contributed by atoms with E-state index < -0.39 is 6.23 Å². The van der Waals surface area contributed by atoms with E-state index in [1.165, 1.54) is 5.12 Å². The van der Waals surface area contributed by atoms with Crippen LogP contribution in [0.1, 0.15) is 51.9 Å². The third kappa shape index (κ3) is 5.31. The van der Waals surface area contributed by atoms with Gasteiger partial charge in [0.2, 0.25) is 0 Å². The van der Waals surface area contributed by atoms with Gasteiger partial charge in [-0.15, -0.1) is 5.12 Å². The molecule has 0 saturated carbocycles. The highest BCUT2D eigenvalue weighted by molar-refractivity contribution is 4.56. The number of hydroxylamine groups is 1. The van der Waals surface area contributed by atoms with Crippen LogP contribution in [0.4, 0.5) is 0 Å². The number of aliphatic hydroxyl groups is 1. The van der Waals surface area contributed by atoms with Gasteiger partial charge in [0.1, 0.15) is 6.23 Å². The van der Waals surface area contributed by atoms with Crippen molar-refractivity contribution in [1.29, 1.82) is 0 Å². The van der Waals surface area contributed by atoms with E-state index in [1.807, 2.05) is 5.01 Å². The molecule has 114 valence electrons. The maximum atomic E-state index is 9.93. The van der Waals surface area contributed by atoms with E-state index in [0.29, 0.717) is 16.9 Å². The lowest BCUT2D eigenvalue weighted by molar-refractivity contribution is -0.505. The van der Waals surface area contributed by atoms with Gasteiger partial charge in [-0.3, -0.25) is 10.4 Å². The quantitative estimate of drug-likeness (QED) is 0.704. The topological polar surface area (TPSA) is 73.6 Å². The van der Waals surface area contributed by atoms with Crippen LogP contribution in [0.25, 0.3) is 0 Å². The van der Waals surface area contributed by atoms with Gasteiger partial charge in [0, 0.05) is 20.1 Å². The fourth-order valence-corrected chi connectivity index (χ4v) is 2.29. The standard InChI is InChI=1S/C12H28N4O3/c1-3-10-14-11-8-6-4-5-7-9-12(17)15(18)16(19)13(14)2/h12,17-19H,3-11H2,1-2H3. The van der Waals surface area contributed by atoms with Gasteiger partial charge in [-0.05, 0) is 31.0 Å². The molecule has 1 heterocycles. The summed E-state index contributed by atoms with van der Waals surface area (Å²) in [5.41, 5.74) is 0. The van der Waals surface area contributed by atoms with Crippen molar-refractivity contribution < 1.29 is 15.5 Å². The molecule has 0 aromatic rings. The second-order valence-corrected chi connectivity index (χ2v) is 5.07. The van der Waals surface area contributed by atoms with E-state index in [-0.39, 0.29) is 0 Å². The van der Waals surface area contributed by atoms with Crippen molar-refractivity contribution in [2.24, 2.45) is 0 Å². The van der Waals surface area contributed by atoms with Gasteiger partial charge in [-0.2, -0.15) is 0 Å². The number of aliphatic hydroxyl groups excluding tert-OH is 1. The molecule has 1 saturated heterocycles. The lowest BCUT2D eigenvalue weighted by Crippen LogP contribution is -2.58. The zero-order valence-electron chi connectivity index (χ0n) is 12.1. The maximum Gasteiger partial charge on any atom is 0.149 e. The minimum atomic E-state index is -1.09. The van der Waals surface area contributed by atoms with Crippen LogP contribution in [-0.4, -0.2) is 62.5 Å². The Kier molecular flexibility index (Phi) is 7.77. The molecule has 19 heavy (non-hydrogen) atoms. The molecule has 0 radical (unpaired) electrons. The average Bonchev–Trinajstić information content (AvgIpc) is 2.41. The average molecular weight is 276 g/mol. The van der Waals surface area contributed by atoms with E-state index in [9.17, 15) is 15.5 Å². The van der Waals surface area contributed by atoms with Crippen molar-refractivity contribution >= 4 is 0 Å². The second-order valence-electron chi connectivity index (χ2n) is 5.07. The lowest BCUT2D eigenvalue weighted by atomic mass is 10.1. The molecule has 3 N–H and O–H groups in total. The summed E-state index contributed by atoms with van der Waals surface area (Å²) in [6.07, 6.45) is 5.54. The highest BCUT2D eigenvalue weighted by Crippen LogP contribution is 2.14. The van der Waals surface area contributed by atoms with Crippen LogP contribution >= 0.6 is 0 Å². The molecule has 1 aliphatic heterocycles. The lowest BCUT2D eigenvalue weighted by Gasteiger charge is -2.39. The minimum Gasteiger partial charge on any atom is -0.374 e. The third-order valence-corrected chi connectivity index (χ3v) is 3.48. The number of rotatable bonds is 2. The van der Waals surface area contributed by atoms with Gasteiger partial charge < -0.3 is 5.11 Å². The molecule has 7 heteroatoms. The highest BCUT2D eigenvalue weighted by atomic mass is 16.7. The number of hydrogen-bond acceptors (Lipinski definition) is 7. The molecule has 0 aromatic heterocycles. The molecule has 0 aromatic carbocycles. The molecule has 0 spiro atoms. The Hall–Kier alpha value is -0.280. The first-order valence-corrected chi connectivity index (χ1v) is 7.21. The van der Waals surface area contributed by atoms with Gasteiger partial charge in [0.15, 0.2) is 0 Å². The Morgan fingerprint density at radius 1 is 1.05 bits per heavy atom. The summed E-state index contributed by atoms with van der Waals surface area (Å²) >= 11 is 0. The first-order valence-electron chi connectivity index (χ1n) is 7.21. The van der Waals surface area contributed by atoms with Crippen LogP contribution in [0.15, 0.2) is 0 Å². The van der Waals surface area contributed by atoms with Crippen LogP contribution in [-0.2, 0) is 0 Å². The van der Waals surface area contributed by atoms with Crippen LogP contribution in [0, 0.1) is 0 Å². The summed E-state index contributed by atoms with van der Waals surface area (Å²) in [6, 6.07) is 0. The van der Waals surface area contributed by atoms with Crippen molar-refractivity contribution in [3.63, 3.8) is 0 Å². The van der Waals surface area contributed by atoms with E-state index in [4.69, 9.17) is 0 Å². The van der Waals surface area contributed by atoms with E-state index in [2.05, 4.69) is 6.92 Å². The zero-order chi connectivity index (χ0) is 14.3. The number of hydrazine groups is 3. The smallest absolute Gasteiger partial charge is 0.149 e. The molecule has 0 bridgehead atoms. The van der Waals surface area contributed by atoms with Gasteiger partial charge in [-0.25, -0.2) is 5.01 Å². The molecule has 1 rings (SSSR count). The summed E-state index contributed by atoms with van der Waals surface area (Å²) in [5.74, 6) is 0. The van der Waals surface area contributed by atoms with Crippen LogP contribution < -0.4 is 0 Å². The third-order valence-electron chi connectivity index (χ3n) is 3.48. The second kappa shape index (κ2) is 8.80. The van der Waals surface area contributed by atoms with Crippen LogP contribution in [0.5, 0.6) is 0 Å². The zero-order valence-corrected chi connectivity index (χ0v) is 12.1. The van der Waals surface area contributed by atoms with E-state index >= 15 is 0 Å². The van der Waals surface area contributed by atoms with E-state index in [1.54, 1.807) is 7.05 Å². The van der Waals surface area contributed by atoms with Gasteiger partial charge >= 0.3 is 0 Å². The van der Waals surface area contributed by atoms with Crippen molar-refractivity contribution in [3.05, 3.63) is 0 Å². The molecular weight excluding hydrogens is 248 g/mol. The monoisotopic (exact) mass is 276 g/mol. The van der Waals surface area contributed by atoms with Crippen molar-refractivity contribution in [3.8, 4) is 0 Å². The summed E-state index contributed by atoms with van der Waals surface area (Å²) in [5, 5.41) is 33.9. The summed E-state index contributed by atoms with van der Waals surface area (Å²) in [6.45, 7) is 3.68. The summed E-state index contributed by atoms with van der Waals surface area (Å²) in [4.78, 5) is 0. The fraction of sp³-hybridized carbons (Fsp3) is 1.00. The van der Waals surface area contributed by atoms with Gasteiger partial charge in [0.25, 0.3) is 0 Å². The summed E-state index contributed by atoms with van der Waals surface area (Å²) in [7, 11) is 1.66. The fourth-order valence-electron chi connectivity index (χ4n) is 2.29. The largest absolute Gasteiger partial charge is 0.374 e. The van der Waals surface area contributed by atoms with E-state index in [0.717, 1.165) is 51.6 Å². The Bertz CT molecular complexity index is 243. The van der Waals surface area contributed by atoms with Crippen LogP contribution in [0.3, 0.4) is 0 Å². The Morgan fingerprint density at radius 2 is 1.68 bits per heavy atom. The van der Waals surface area contributed by atoms with Crippen LogP contribution in [0.2, 0.25) is 0 Å². The van der Waals surface area contributed by atoms with Crippen molar-refractivity contribution in [2.45, 2.75) is 58.1 Å². The first-order chi connectivity index (χ1) is 9.07. The predicted octanol–water partition coefficient (Wildman–Crippen LogP) is 1.43. The summed E-state index contributed by atoms with van der Waals surface area (Å²) < 4.78 is 0. The molecule has 1 atom stereocenters. The molecule has 7 nitrogen and oxygen atoms in total. The maximum absolute atomic E-state index is 9.93. The molecule has 0 amide bonds. The predicted molar refractivity (Wildman–Crippen MR) is 70.6 cm³/mol. The number of hydrogen-bond donors (Lipinski definition) is 3. The minimum absolute atomic E-state index is 0.440. The SMILES string of the molecule is CCCN1CCCCCCCC(O)N(O)N(O)N1C. The Balaban J connectivity index is 2.69. The molecule has 0 aliphatic carbocycles. The van der Waals surface area contributed by atoms with Crippen molar-refractivity contribution in [1.82, 2.24) is 20.6 Å². The first kappa shape index (κ1) is 16.8. The molecule has 1 fully saturated rings. The molecule has 1 unspecified atom stereocenters. The van der Waals surface area contributed by atoms with Gasteiger partial charge in [-0.1, -0.05) is 31.4 Å². The Morgan fingerprint density at radius 3 is 2.37 bits per heavy atom.